The molecule has 0 radical (unpaired) electrons. The summed E-state index contributed by atoms with van der Waals surface area (Å²) in [6, 6.07) is 6.37. The van der Waals surface area contributed by atoms with Crippen molar-refractivity contribution in [3.63, 3.8) is 0 Å². The van der Waals surface area contributed by atoms with E-state index >= 15 is 0 Å². The Morgan fingerprint density at radius 1 is 1.22 bits per heavy atom. The van der Waals surface area contributed by atoms with Crippen LogP contribution in [0.25, 0.3) is 0 Å². The summed E-state index contributed by atoms with van der Waals surface area (Å²) in [7, 11) is -3.82. The summed E-state index contributed by atoms with van der Waals surface area (Å²) in [4.78, 5) is 10.8. The van der Waals surface area contributed by atoms with Crippen LogP contribution < -0.4 is 39.4 Å². The van der Waals surface area contributed by atoms with Gasteiger partial charge in [0.05, 0.1) is 16.9 Å². The minimum Gasteiger partial charge on any atom is -0.548 e. The summed E-state index contributed by atoms with van der Waals surface area (Å²) in [6.45, 7) is 3.21. The predicted molar refractivity (Wildman–Crippen MR) is 60.4 cm³/mol. The zero-order valence-corrected chi connectivity index (χ0v) is 13.4. The van der Waals surface area contributed by atoms with Crippen molar-refractivity contribution in [3.8, 4) is 0 Å². The first kappa shape index (κ1) is 17.6. The molecule has 1 unspecified atom stereocenters. The normalized spacial score (nSPS) is 12.8. The summed E-state index contributed by atoms with van der Waals surface area (Å²) in [5.74, 6) is -1.82. The molecule has 0 aromatic heterocycles. The molecule has 94 valence electrons. The van der Waals surface area contributed by atoms with E-state index in [2.05, 4.69) is 4.72 Å². The van der Waals surface area contributed by atoms with E-state index in [4.69, 9.17) is 0 Å². The Kier molecular flexibility index (Phi) is 7.09. The van der Waals surface area contributed by atoms with Gasteiger partial charge in [0.25, 0.3) is 0 Å². The maximum Gasteiger partial charge on any atom is 1.00 e. The fraction of sp³-hybridized carbons (Fsp3) is 0.364. The summed E-state index contributed by atoms with van der Waals surface area (Å²) in [5.41, 5.74) is 0. The quantitative estimate of drug-likeness (QED) is 0.573. The number of aliphatic carboxylic acids is 1. The largest absolute Gasteiger partial charge is 1.00 e. The van der Waals surface area contributed by atoms with Crippen molar-refractivity contribution in [2.24, 2.45) is 5.92 Å². The van der Waals surface area contributed by atoms with Gasteiger partial charge in [-0.05, 0) is 18.1 Å². The number of carbonyl (C=O) groups excluding carboxylic acids is 1. The van der Waals surface area contributed by atoms with E-state index < -0.39 is 28.0 Å². The Hall–Kier alpha value is -0.400. The second kappa shape index (κ2) is 7.25. The molecule has 0 heterocycles. The summed E-state index contributed by atoms with van der Waals surface area (Å²) in [5, 5.41) is 10.8. The van der Waals surface area contributed by atoms with Crippen LogP contribution in [0.3, 0.4) is 0 Å². The van der Waals surface area contributed by atoms with Gasteiger partial charge in [-0.2, -0.15) is 0 Å². The molecular formula is C11H14NNaO4S. The molecule has 0 saturated heterocycles. The van der Waals surface area contributed by atoms with Gasteiger partial charge in [-0.25, -0.2) is 13.1 Å². The summed E-state index contributed by atoms with van der Waals surface area (Å²) >= 11 is 0. The first-order chi connectivity index (χ1) is 7.84. The van der Waals surface area contributed by atoms with E-state index in [1.807, 2.05) is 0 Å². The number of hydrogen-bond donors (Lipinski definition) is 1. The third-order valence-corrected chi connectivity index (χ3v) is 3.71. The molecule has 7 heteroatoms. The van der Waals surface area contributed by atoms with Gasteiger partial charge < -0.3 is 9.90 Å². The van der Waals surface area contributed by atoms with E-state index in [9.17, 15) is 18.3 Å². The average Bonchev–Trinajstić information content (AvgIpc) is 2.26. The molecule has 0 bridgehead atoms. The fourth-order valence-electron chi connectivity index (χ4n) is 1.29. The third-order valence-electron chi connectivity index (χ3n) is 2.26. The minimum atomic E-state index is -3.82. The molecule has 0 saturated carbocycles. The standard InChI is InChI=1S/C11H15NO4S.Na/c1-8(2)10(11(13)14)12-17(15,16)9-6-4-3-5-7-9;/h3-8,10,12H,1-2H3,(H,13,14);/q;+1/p-1. The van der Waals surface area contributed by atoms with Crippen LogP contribution in [0.2, 0.25) is 0 Å². The van der Waals surface area contributed by atoms with Crippen molar-refractivity contribution in [2.75, 3.05) is 0 Å². The fourth-order valence-corrected chi connectivity index (χ4v) is 2.65. The van der Waals surface area contributed by atoms with Crippen LogP contribution >= 0.6 is 0 Å². The van der Waals surface area contributed by atoms with Crippen LogP contribution in [0.5, 0.6) is 0 Å². The Balaban J connectivity index is 0.00000289. The van der Waals surface area contributed by atoms with Gasteiger partial charge in [0.15, 0.2) is 0 Å². The van der Waals surface area contributed by atoms with Gasteiger partial charge in [0.1, 0.15) is 0 Å². The van der Waals surface area contributed by atoms with Gasteiger partial charge in [0, 0.05) is 0 Å². The van der Waals surface area contributed by atoms with Crippen molar-refractivity contribution in [3.05, 3.63) is 30.3 Å². The Bertz CT molecular complexity index is 487. The van der Waals surface area contributed by atoms with Gasteiger partial charge in [0.2, 0.25) is 10.0 Å². The maximum atomic E-state index is 11.8. The Morgan fingerprint density at radius 3 is 2.11 bits per heavy atom. The van der Waals surface area contributed by atoms with Gasteiger partial charge in [-0.3, -0.25) is 0 Å². The molecule has 1 aromatic carbocycles. The Labute approximate surface area is 129 Å². The van der Waals surface area contributed by atoms with E-state index in [0.717, 1.165) is 0 Å². The monoisotopic (exact) mass is 279 g/mol. The summed E-state index contributed by atoms with van der Waals surface area (Å²) < 4.78 is 25.8. The van der Waals surface area contributed by atoms with Crippen LogP contribution in [0.4, 0.5) is 0 Å². The molecule has 0 aliphatic heterocycles. The molecule has 5 nitrogen and oxygen atoms in total. The van der Waals surface area contributed by atoms with Crippen molar-refractivity contribution in [2.45, 2.75) is 24.8 Å². The molecule has 1 N–H and O–H groups in total. The first-order valence-electron chi connectivity index (χ1n) is 5.13. The number of hydrogen-bond acceptors (Lipinski definition) is 4. The van der Waals surface area contributed by atoms with Gasteiger partial charge in [-0.1, -0.05) is 32.0 Å². The SMILES string of the molecule is CC(C)C(NS(=O)(=O)c1ccccc1)C(=O)[O-].[Na+]. The van der Waals surface area contributed by atoms with Crippen molar-refractivity contribution in [1.82, 2.24) is 4.72 Å². The molecule has 0 amide bonds. The number of carbonyl (C=O) groups is 1. The number of carboxylic acids is 1. The number of carboxylic acid groups (broad SMARTS) is 1. The minimum absolute atomic E-state index is 0. The molecule has 0 aliphatic rings. The molecule has 1 aromatic rings. The van der Waals surface area contributed by atoms with Gasteiger partial charge >= 0.3 is 29.6 Å². The van der Waals surface area contributed by atoms with Crippen LogP contribution in [-0.2, 0) is 14.8 Å². The number of nitrogens with one attached hydrogen (secondary N) is 1. The third kappa shape index (κ3) is 4.70. The van der Waals surface area contributed by atoms with Crippen LogP contribution in [0.15, 0.2) is 35.2 Å². The molecule has 1 rings (SSSR count). The molecule has 18 heavy (non-hydrogen) atoms. The molecule has 0 fully saturated rings. The summed E-state index contributed by atoms with van der Waals surface area (Å²) in [6.07, 6.45) is 0. The first-order valence-corrected chi connectivity index (χ1v) is 6.61. The number of sulfonamides is 1. The zero-order chi connectivity index (χ0) is 13.1. The molecule has 1 atom stereocenters. The average molecular weight is 279 g/mol. The Morgan fingerprint density at radius 2 is 1.72 bits per heavy atom. The van der Waals surface area contributed by atoms with Gasteiger partial charge in [-0.15, -0.1) is 0 Å². The second-order valence-electron chi connectivity index (χ2n) is 3.98. The van der Waals surface area contributed by atoms with Crippen LogP contribution in [0.1, 0.15) is 13.8 Å². The molecular weight excluding hydrogens is 265 g/mol. The predicted octanol–water partition coefficient (Wildman–Crippen LogP) is -3.26. The van der Waals surface area contributed by atoms with Crippen molar-refractivity contribution in [1.29, 1.82) is 0 Å². The van der Waals surface area contributed by atoms with E-state index in [1.165, 1.54) is 12.1 Å². The smallest absolute Gasteiger partial charge is 0.548 e. The van der Waals surface area contributed by atoms with Crippen molar-refractivity contribution < 1.29 is 47.9 Å². The zero-order valence-electron chi connectivity index (χ0n) is 10.6. The number of rotatable bonds is 5. The molecule has 0 spiro atoms. The van der Waals surface area contributed by atoms with E-state index in [1.54, 1.807) is 32.0 Å². The van der Waals surface area contributed by atoms with E-state index in [0.29, 0.717) is 0 Å². The maximum absolute atomic E-state index is 11.8. The topological polar surface area (TPSA) is 86.3 Å². The molecule has 0 aliphatic carbocycles. The van der Waals surface area contributed by atoms with Crippen LogP contribution in [-0.4, -0.2) is 20.4 Å². The number of benzene rings is 1. The van der Waals surface area contributed by atoms with Crippen LogP contribution in [0, 0.1) is 5.92 Å². The second-order valence-corrected chi connectivity index (χ2v) is 5.69. The van der Waals surface area contributed by atoms with E-state index in [-0.39, 0.29) is 34.5 Å². The van der Waals surface area contributed by atoms with Crippen molar-refractivity contribution >= 4 is 16.0 Å².